The predicted octanol–water partition coefficient (Wildman–Crippen LogP) is 1.07. The van der Waals surface area contributed by atoms with E-state index >= 15 is 0 Å². The van der Waals surface area contributed by atoms with Gasteiger partial charge in [0.15, 0.2) is 0 Å². The normalized spacial score (nSPS) is 22.0. The van der Waals surface area contributed by atoms with Crippen LogP contribution in [-0.2, 0) is 16.1 Å². The number of benzene rings is 1. The second-order valence-corrected chi connectivity index (χ2v) is 6.66. The highest BCUT2D eigenvalue weighted by molar-refractivity contribution is 5.85. The first-order valence-corrected chi connectivity index (χ1v) is 8.85. The monoisotopic (exact) mass is 346 g/mol. The molecule has 0 aliphatic carbocycles. The van der Waals surface area contributed by atoms with Crippen LogP contribution in [0.4, 0.5) is 4.79 Å². The maximum Gasteiger partial charge on any atom is 0.410 e. The summed E-state index contributed by atoms with van der Waals surface area (Å²) < 4.78 is 5.38. The Balaban J connectivity index is 1.50. The van der Waals surface area contributed by atoms with Crippen LogP contribution in [0.3, 0.4) is 0 Å². The van der Waals surface area contributed by atoms with Crippen LogP contribution in [0, 0.1) is 0 Å². The molecule has 1 N–H and O–H groups in total. The first-order chi connectivity index (χ1) is 12.1. The highest BCUT2D eigenvalue weighted by Gasteiger charge is 2.36. The fourth-order valence-corrected chi connectivity index (χ4v) is 3.21. The molecule has 2 aliphatic heterocycles. The zero-order chi connectivity index (χ0) is 17.6. The Morgan fingerprint density at radius 3 is 2.56 bits per heavy atom. The van der Waals surface area contributed by atoms with Gasteiger partial charge in [0, 0.05) is 32.7 Å². The molecule has 136 valence electrons. The summed E-state index contributed by atoms with van der Waals surface area (Å²) in [4.78, 5) is 28.7. The largest absolute Gasteiger partial charge is 0.445 e. The second-order valence-electron chi connectivity index (χ2n) is 6.66. The van der Waals surface area contributed by atoms with Gasteiger partial charge in [-0.2, -0.15) is 0 Å². The molecule has 1 aromatic rings. The third-order valence-corrected chi connectivity index (χ3v) is 4.77. The fraction of sp³-hybridized carbons (Fsp3) is 0.556. The Hall–Kier alpha value is -2.12. The number of hydrogen-bond acceptors (Lipinski definition) is 5. The molecule has 0 bridgehead atoms. The zero-order valence-electron chi connectivity index (χ0n) is 14.7. The molecule has 1 aromatic carbocycles. The molecule has 1 atom stereocenters. The number of likely N-dealkylation sites (N-methyl/N-ethyl adjacent to an activating group) is 1. The van der Waals surface area contributed by atoms with Gasteiger partial charge in [-0.3, -0.25) is 15.1 Å². The number of carbonyl (C=O) groups excluding carboxylic acids is 2. The van der Waals surface area contributed by atoms with E-state index in [1.165, 1.54) is 0 Å². The molecule has 2 saturated heterocycles. The number of piperazine rings is 1. The average Bonchev–Trinajstić information content (AvgIpc) is 3.12. The molecular weight excluding hydrogens is 320 g/mol. The average molecular weight is 346 g/mol. The van der Waals surface area contributed by atoms with E-state index in [1.54, 1.807) is 4.90 Å². The standard InChI is InChI=1S/C18H26N4O3/c1-20-10-12-21(13-11-20)19-17(23)16-8-5-9-22(16)18(24)25-14-15-6-3-2-4-7-15/h2-4,6-7,16H,5,8-14H2,1H3,(H,19,23). The quantitative estimate of drug-likeness (QED) is 0.883. The van der Waals surface area contributed by atoms with E-state index in [4.69, 9.17) is 4.74 Å². The van der Waals surface area contributed by atoms with E-state index in [0.717, 1.165) is 38.2 Å². The van der Waals surface area contributed by atoms with Crippen LogP contribution >= 0.6 is 0 Å². The number of hydrazine groups is 1. The Morgan fingerprint density at radius 1 is 1.12 bits per heavy atom. The Kier molecular flexibility index (Phi) is 5.88. The van der Waals surface area contributed by atoms with Crippen molar-refractivity contribution in [1.82, 2.24) is 20.2 Å². The zero-order valence-corrected chi connectivity index (χ0v) is 14.7. The molecule has 0 spiro atoms. The number of amides is 2. The maximum absolute atomic E-state index is 12.6. The van der Waals surface area contributed by atoms with Gasteiger partial charge in [-0.25, -0.2) is 9.80 Å². The van der Waals surface area contributed by atoms with Gasteiger partial charge in [0.05, 0.1) is 0 Å². The minimum atomic E-state index is -0.442. The summed E-state index contributed by atoms with van der Waals surface area (Å²) >= 11 is 0. The summed E-state index contributed by atoms with van der Waals surface area (Å²) in [7, 11) is 2.07. The lowest BCUT2D eigenvalue weighted by molar-refractivity contribution is -0.130. The van der Waals surface area contributed by atoms with E-state index in [2.05, 4.69) is 17.4 Å². The van der Waals surface area contributed by atoms with E-state index in [9.17, 15) is 9.59 Å². The topological polar surface area (TPSA) is 65.1 Å². The number of carbonyl (C=O) groups is 2. The molecule has 2 amide bonds. The van der Waals surface area contributed by atoms with Crippen molar-refractivity contribution in [1.29, 1.82) is 0 Å². The van der Waals surface area contributed by atoms with Gasteiger partial charge in [0.2, 0.25) is 0 Å². The van der Waals surface area contributed by atoms with Crippen molar-refractivity contribution in [2.45, 2.75) is 25.5 Å². The van der Waals surface area contributed by atoms with Gasteiger partial charge in [-0.15, -0.1) is 0 Å². The molecule has 25 heavy (non-hydrogen) atoms. The van der Waals surface area contributed by atoms with Gasteiger partial charge in [-0.05, 0) is 25.5 Å². The molecule has 0 radical (unpaired) electrons. The van der Waals surface area contributed by atoms with Crippen molar-refractivity contribution >= 4 is 12.0 Å². The minimum Gasteiger partial charge on any atom is -0.445 e. The lowest BCUT2D eigenvalue weighted by Gasteiger charge is -2.33. The molecule has 2 aliphatic rings. The summed E-state index contributed by atoms with van der Waals surface area (Å²) in [5.74, 6) is -0.112. The molecule has 2 heterocycles. The highest BCUT2D eigenvalue weighted by Crippen LogP contribution is 2.19. The molecule has 0 saturated carbocycles. The van der Waals surface area contributed by atoms with Crippen molar-refractivity contribution in [2.75, 3.05) is 39.8 Å². The van der Waals surface area contributed by atoms with Crippen molar-refractivity contribution < 1.29 is 14.3 Å². The van der Waals surface area contributed by atoms with Crippen LogP contribution < -0.4 is 5.43 Å². The van der Waals surface area contributed by atoms with Gasteiger partial charge >= 0.3 is 6.09 Å². The molecule has 2 fully saturated rings. The number of hydrogen-bond donors (Lipinski definition) is 1. The predicted molar refractivity (Wildman–Crippen MR) is 93.6 cm³/mol. The second kappa shape index (κ2) is 8.31. The van der Waals surface area contributed by atoms with Crippen LogP contribution in [0.25, 0.3) is 0 Å². The highest BCUT2D eigenvalue weighted by atomic mass is 16.6. The maximum atomic E-state index is 12.6. The van der Waals surface area contributed by atoms with Gasteiger partial charge in [-0.1, -0.05) is 30.3 Å². The summed E-state index contributed by atoms with van der Waals surface area (Å²) in [6, 6.07) is 9.12. The van der Waals surface area contributed by atoms with Crippen molar-refractivity contribution in [3.05, 3.63) is 35.9 Å². The third kappa shape index (κ3) is 4.70. The number of nitrogens with zero attached hydrogens (tertiary/aromatic N) is 3. The minimum absolute atomic E-state index is 0.112. The molecule has 7 heteroatoms. The summed E-state index contributed by atoms with van der Waals surface area (Å²) in [5.41, 5.74) is 3.90. The molecule has 7 nitrogen and oxygen atoms in total. The lowest BCUT2D eigenvalue weighted by atomic mass is 10.2. The summed E-state index contributed by atoms with van der Waals surface area (Å²) in [5, 5.41) is 1.94. The van der Waals surface area contributed by atoms with Crippen LogP contribution in [-0.4, -0.2) is 72.6 Å². The smallest absolute Gasteiger partial charge is 0.410 e. The van der Waals surface area contributed by atoms with E-state index in [0.29, 0.717) is 13.0 Å². The van der Waals surface area contributed by atoms with E-state index in [1.807, 2.05) is 35.3 Å². The third-order valence-electron chi connectivity index (χ3n) is 4.77. The van der Waals surface area contributed by atoms with Crippen molar-refractivity contribution in [3.63, 3.8) is 0 Å². The number of rotatable bonds is 4. The van der Waals surface area contributed by atoms with E-state index in [-0.39, 0.29) is 12.5 Å². The Bertz CT molecular complexity index is 587. The fourth-order valence-electron chi connectivity index (χ4n) is 3.21. The first kappa shape index (κ1) is 17.7. The molecule has 0 aromatic heterocycles. The van der Waals surface area contributed by atoms with Crippen LogP contribution in [0.15, 0.2) is 30.3 Å². The van der Waals surface area contributed by atoms with Gasteiger partial charge in [0.1, 0.15) is 12.6 Å². The number of likely N-dealkylation sites (tertiary alicyclic amines) is 1. The van der Waals surface area contributed by atoms with Crippen LogP contribution in [0.2, 0.25) is 0 Å². The van der Waals surface area contributed by atoms with Gasteiger partial charge < -0.3 is 9.64 Å². The molecule has 3 rings (SSSR count). The Morgan fingerprint density at radius 2 is 1.84 bits per heavy atom. The lowest BCUT2D eigenvalue weighted by Crippen LogP contribution is -2.56. The van der Waals surface area contributed by atoms with Crippen LogP contribution in [0.5, 0.6) is 0 Å². The van der Waals surface area contributed by atoms with Gasteiger partial charge in [0.25, 0.3) is 5.91 Å². The summed E-state index contributed by atoms with van der Waals surface area (Å²) in [6.07, 6.45) is 1.08. The molecular formula is C18H26N4O3. The Labute approximate surface area is 148 Å². The van der Waals surface area contributed by atoms with Crippen molar-refractivity contribution in [2.24, 2.45) is 0 Å². The van der Waals surface area contributed by atoms with Crippen molar-refractivity contribution in [3.8, 4) is 0 Å². The number of nitrogens with one attached hydrogen (secondary N) is 1. The molecule has 1 unspecified atom stereocenters. The first-order valence-electron chi connectivity index (χ1n) is 8.85. The number of ether oxygens (including phenoxy) is 1. The van der Waals surface area contributed by atoms with Crippen LogP contribution in [0.1, 0.15) is 18.4 Å². The summed E-state index contributed by atoms with van der Waals surface area (Å²) in [6.45, 7) is 4.24. The van der Waals surface area contributed by atoms with E-state index < -0.39 is 12.1 Å². The SMILES string of the molecule is CN1CCN(NC(=O)C2CCCN2C(=O)OCc2ccccc2)CC1.